The number of aryl methyl sites for hydroxylation is 1. The highest BCUT2D eigenvalue weighted by molar-refractivity contribution is 5.53. The maximum Gasteiger partial charge on any atom is 0.226 e. The molecule has 0 aliphatic rings. The van der Waals surface area contributed by atoms with Gasteiger partial charge in [0.15, 0.2) is 0 Å². The fourth-order valence-electron chi connectivity index (χ4n) is 2.96. The lowest BCUT2D eigenvalue weighted by Crippen LogP contribution is -2.29. The topological polar surface area (TPSA) is 41.3 Å². The SMILES string of the molecule is CCCCN(CCCC)CCCNCc1coc(-c2ccc(C)cc2)n1. The van der Waals surface area contributed by atoms with Gasteiger partial charge in [0.1, 0.15) is 6.26 Å². The Labute approximate surface area is 159 Å². The third-order valence-electron chi connectivity index (χ3n) is 4.64. The Balaban J connectivity index is 1.68. The molecule has 4 nitrogen and oxygen atoms in total. The van der Waals surface area contributed by atoms with Crippen LogP contribution in [0.4, 0.5) is 0 Å². The predicted molar refractivity (Wildman–Crippen MR) is 109 cm³/mol. The van der Waals surface area contributed by atoms with Gasteiger partial charge in [0.05, 0.1) is 5.69 Å². The molecular weight excluding hydrogens is 322 g/mol. The number of aromatic nitrogens is 1. The molecule has 26 heavy (non-hydrogen) atoms. The standard InChI is InChI=1S/C22H35N3O/c1-4-6-14-25(15-7-5-2)16-8-13-23-17-21-18-26-22(24-21)20-11-9-19(3)10-12-20/h9-12,18,23H,4-8,13-17H2,1-3H3. The van der Waals surface area contributed by atoms with Crippen LogP contribution in [0.5, 0.6) is 0 Å². The van der Waals surface area contributed by atoms with Crippen molar-refractivity contribution in [1.82, 2.24) is 15.2 Å². The number of rotatable bonds is 13. The van der Waals surface area contributed by atoms with Gasteiger partial charge in [-0.1, -0.05) is 44.4 Å². The maximum absolute atomic E-state index is 5.62. The van der Waals surface area contributed by atoms with Crippen LogP contribution in [0.2, 0.25) is 0 Å². The lowest BCUT2D eigenvalue weighted by atomic mass is 10.1. The Morgan fingerprint density at radius 1 is 0.962 bits per heavy atom. The normalized spacial score (nSPS) is 11.4. The first kappa shape index (κ1) is 20.7. The van der Waals surface area contributed by atoms with Crippen LogP contribution < -0.4 is 5.32 Å². The summed E-state index contributed by atoms with van der Waals surface area (Å²) in [6, 6.07) is 8.28. The molecule has 1 aromatic carbocycles. The molecule has 0 bridgehead atoms. The van der Waals surface area contributed by atoms with Gasteiger partial charge in [-0.25, -0.2) is 4.98 Å². The number of nitrogens with one attached hydrogen (secondary N) is 1. The summed E-state index contributed by atoms with van der Waals surface area (Å²) < 4.78 is 5.62. The van der Waals surface area contributed by atoms with Gasteiger partial charge in [-0.15, -0.1) is 0 Å². The summed E-state index contributed by atoms with van der Waals surface area (Å²) in [7, 11) is 0. The lowest BCUT2D eigenvalue weighted by Gasteiger charge is -2.21. The Hall–Kier alpha value is -1.65. The average molecular weight is 358 g/mol. The van der Waals surface area contributed by atoms with Gasteiger partial charge in [0, 0.05) is 12.1 Å². The first-order chi connectivity index (χ1) is 12.7. The van der Waals surface area contributed by atoms with Gasteiger partial charge >= 0.3 is 0 Å². The van der Waals surface area contributed by atoms with Crippen LogP contribution >= 0.6 is 0 Å². The van der Waals surface area contributed by atoms with E-state index in [0.29, 0.717) is 5.89 Å². The van der Waals surface area contributed by atoms with E-state index in [1.54, 1.807) is 6.26 Å². The van der Waals surface area contributed by atoms with Crippen molar-refractivity contribution < 1.29 is 4.42 Å². The van der Waals surface area contributed by atoms with E-state index in [-0.39, 0.29) is 0 Å². The lowest BCUT2D eigenvalue weighted by molar-refractivity contribution is 0.261. The highest BCUT2D eigenvalue weighted by atomic mass is 16.3. The van der Waals surface area contributed by atoms with Crippen molar-refractivity contribution in [3.63, 3.8) is 0 Å². The van der Waals surface area contributed by atoms with Crippen LogP contribution in [-0.4, -0.2) is 36.1 Å². The molecule has 2 rings (SSSR count). The van der Waals surface area contributed by atoms with E-state index in [1.165, 1.54) is 57.3 Å². The number of benzene rings is 1. The summed E-state index contributed by atoms with van der Waals surface area (Å²) in [4.78, 5) is 7.20. The van der Waals surface area contributed by atoms with Crippen molar-refractivity contribution in [3.05, 3.63) is 41.8 Å². The van der Waals surface area contributed by atoms with Gasteiger partial charge < -0.3 is 14.6 Å². The largest absolute Gasteiger partial charge is 0.444 e. The monoisotopic (exact) mass is 357 g/mol. The molecule has 0 amide bonds. The molecule has 0 spiro atoms. The molecule has 1 heterocycles. The van der Waals surface area contributed by atoms with Crippen molar-refractivity contribution in [2.24, 2.45) is 0 Å². The minimum absolute atomic E-state index is 0.701. The molecule has 1 N–H and O–H groups in total. The molecule has 1 aromatic heterocycles. The Morgan fingerprint density at radius 3 is 2.27 bits per heavy atom. The van der Waals surface area contributed by atoms with Crippen molar-refractivity contribution in [1.29, 1.82) is 0 Å². The molecule has 0 aliphatic carbocycles. The fourth-order valence-corrected chi connectivity index (χ4v) is 2.96. The third kappa shape index (κ3) is 7.30. The third-order valence-corrected chi connectivity index (χ3v) is 4.64. The van der Waals surface area contributed by atoms with Crippen LogP contribution in [-0.2, 0) is 6.54 Å². The zero-order valence-electron chi connectivity index (χ0n) is 16.8. The molecule has 144 valence electrons. The fraction of sp³-hybridized carbons (Fsp3) is 0.591. The molecule has 0 radical (unpaired) electrons. The van der Waals surface area contributed by atoms with Gasteiger partial charge in [0.2, 0.25) is 5.89 Å². The maximum atomic E-state index is 5.62. The Bertz CT molecular complexity index is 598. The van der Waals surface area contributed by atoms with Gasteiger partial charge in [-0.05, 0) is 64.5 Å². The minimum Gasteiger partial charge on any atom is -0.444 e. The summed E-state index contributed by atoms with van der Waals surface area (Å²) in [5.41, 5.74) is 3.24. The number of nitrogens with zero attached hydrogens (tertiary/aromatic N) is 2. The molecular formula is C22H35N3O. The van der Waals surface area contributed by atoms with E-state index in [2.05, 4.69) is 60.2 Å². The van der Waals surface area contributed by atoms with Crippen LogP contribution in [0.25, 0.3) is 11.5 Å². The van der Waals surface area contributed by atoms with Crippen LogP contribution in [0, 0.1) is 6.92 Å². The van der Waals surface area contributed by atoms with E-state index in [0.717, 1.165) is 24.3 Å². The summed E-state index contributed by atoms with van der Waals surface area (Å²) >= 11 is 0. The smallest absolute Gasteiger partial charge is 0.226 e. The van der Waals surface area contributed by atoms with E-state index >= 15 is 0 Å². The number of hydrogen-bond donors (Lipinski definition) is 1. The number of unbranched alkanes of at least 4 members (excludes halogenated alkanes) is 2. The second-order valence-corrected chi connectivity index (χ2v) is 7.09. The Morgan fingerprint density at radius 2 is 1.62 bits per heavy atom. The molecule has 0 saturated carbocycles. The van der Waals surface area contributed by atoms with E-state index in [9.17, 15) is 0 Å². The second kappa shape index (κ2) is 11.9. The molecule has 2 aromatic rings. The molecule has 0 unspecified atom stereocenters. The van der Waals surface area contributed by atoms with E-state index < -0.39 is 0 Å². The molecule has 0 saturated heterocycles. The highest BCUT2D eigenvalue weighted by Crippen LogP contribution is 2.18. The summed E-state index contributed by atoms with van der Waals surface area (Å²) in [5, 5.41) is 3.49. The molecule has 4 heteroatoms. The number of hydrogen-bond acceptors (Lipinski definition) is 4. The molecule has 0 fully saturated rings. The van der Waals surface area contributed by atoms with Gasteiger partial charge in [-0.3, -0.25) is 0 Å². The van der Waals surface area contributed by atoms with Gasteiger partial charge in [0.25, 0.3) is 0 Å². The summed E-state index contributed by atoms with van der Waals surface area (Å²) in [5.74, 6) is 0.701. The average Bonchev–Trinajstić information content (AvgIpc) is 3.12. The van der Waals surface area contributed by atoms with Crippen molar-refractivity contribution in [2.45, 2.75) is 59.4 Å². The quantitative estimate of drug-likeness (QED) is 0.510. The first-order valence-electron chi connectivity index (χ1n) is 10.2. The second-order valence-electron chi connectivity index (χ2n) is 7.09. The number of oxazole rings is 1. The first-order valence-corrected chi connectivity index (χ1v) is 10.2. The molecule has 0 aliphatic heterocycles. The highest BCUT2D eigenvalue weighted by Gasteiger charge is 2.07. The predicted octanol–water partition coefficient (Wildman–Crippen LogP) is 5.03. The van der Waals surface area contributed by atoms with Crippen LogP contribution in [0.1, 0.15) is 57.2 Å². The van der Waals surface area contributed by atoms with Crippen LogP contribution in [0.3, 0.4) is 0 Å². The Kier molecular flexibility index (Phi) is 9.43. The zero-order valence-corrected chi connectivity index (χ0v) is 16.8. The molecule has 0 atom stereocenters. The van der Waals surface area contributed by atoms with Crippen molar-refractivity contribution in [2.75, 3.05) is 26.2 Å². The van der Waals surface area contributed by atoms with Crippen molar-refractivity contribution in [3.8, 4) is 11.5 Å². The summed E-state index contributed by atoms with van der Waals surface area (Å²) in [6.45, 7) is 12.0. The van der Waals surface area contributed by atoms with Gasteiger partial charge in [-0.2, -0.15) is 0 Å². The van der Waals surface area contributed by atoms with Crippen LogP contribution in [0.15, 0.2) is 34.9 Å². The summed E-state index contributed by atoms with van der Waals surface area (Å²) in [6.07, 6.45) is 8.09. The minimum atomic E-state index is 0.701. The van der Waals surface area contributed by atoms with E-state index in [4.69, 9.17) is 4.42 Å². The van der Waals surface area contributed by atoms with Crippen molar-refractivity contribution >= 4 is 0 Å². The zero-order chi connectivity index (χ0) is 18.6. The van der Waals surface area contributed by atoms with E-state index in [1.807, 2.05) is 0 Å².